The second kappa shape index (κ2) is 6.38. The van der Waals surface area contributed by atoms with Gasteiger partial charge in [-0.15, -0.1) is 0 Å². The first-order valence-corrected chi connectivity index (χ1v) is 6.79. The largest absolute Gasteiger partial charge is 0.454 e. The molecule has 0 spiro atoms. The highest BCUT2D eigenvalue weighted by atomic mass is 16.5. The Labute approximate surface area is 114 Å². The van der Waals surface area contributed by atoms with Gasteiger partial charge in [0.1, 0.15) is 5.75 Å². The molecule has 1 aromatic carbocycles. The Bertz CT molecular complexity index is 522. The average Bonchev–Trinajstić information content (AvgIpc) is 2.86. The Morgan fingerprint density at radius 1 is 1.32 bits per heavy atom. The molecule has 2 N–H and O–H groups in total. The van der Waals surface area contributed by atoms with Crippen molar-refractivity contribution in [1.29, 1.82) is 0 Å². The highest BCUT2D eigenvalue weighted by molar-refractivity contribution is 5.38. The predicted molar refractivity (Wildman–Crippen MR) is 76.3 cm³/mol. The van der Waals surface area contributed by atoms with Crippen molar-refractivity contribution in [1.82, 2.24) is 9.78 Å². The minimum absolute atomic E-state index is 0.00175. The van der Waals surface area contributed by atoms with Crippen molar-refractivity contribution in [2.24, 2.45) is 5.73 Å². The number of nitrogens with two attached hydrogens (primary N) is 1. The molecule has 4 heteroatoms. The minimum Gasteiger partial charge on any atom is -0.454 e. The Hall–Kier alpha value is -1.81. The van der Waals surface area contributed by atoms with Crippen molar-refractivity contribution in [2.75, 3.05) is 0 Å². The maximum absolute atomic E-state index is 6.10. The van der Waals surface area contributed by atoms with Crippen LogP contribution < -0.4 is 10.5 Å². The molecule has 0 aliphatic carbocycles. The molecule has 1 unspecified atom stereocenters. The van der Waals surface area contributed by atoms with Crippen molar-refractivity contribution >= 4 is 0 Å². The summed E-state index contributed by atoms with van der Waals surface area (Å²) in [7, 11) is 0. The fraction of sp³-hybridized carbons (Fsp3) is 0.400. The average molecular weight is 259 g/mol. The summed E-state index contributed by atoms with van der Waals surface area (Å²) in [5.41, 5.74) is 7.14. The standard InChI is InChI=1S/C15H21N3O/c1-3-9-18-11-12(10-17-18)19-15-8-6-5-7-13(15)14(16)4-2/h5-8,10-11,14H,3-4,9,16H2,1-2H3. The first kappa shape index (κ1) is 13.6. The van der Waals surface area contributed by atoms with E-state index in [0.29, 0.717) is 0 Å². The van der Waals surface area contributed by atoms with Crippen LogP contribution in [-0.4, -0.2) is 9.78 Å². The first-order chi connectivity index (χ1) is 9.24. The minimum atomic E-state index is 0.00175. The third-order valence-electron chi connectivity index (χ3n) is 3.05. The summed E-state index contributed by atoms with van der Waals surface area (Å²) in [6.45, 7) is 5.10. The number of aryl methyl sites for hydroxylation is 1. The van der Waals surface area contributed by atoms with Gasteiger partial charge in [0, 0.05) is 18.2 Å². The molecular formula is C15H21N3O. The van der Waals surface area contributed by atoms with Gasteiger partial charge in [0.2, 0.25) is 0 Å². The summed E-state index contributed by atoms with van der Waals surface area (Å²) in [5, 5.41) is 4.26. The van der Waals surface area contributed by atoms with Gasteiger partial charge in [-0.1, -0.05) is 32.0 Å². The molecule has 0 saturated heterocycles. The summed E-state index contributed by atoms with van der Waals surface area (Å²) < 4.78 is 7.78. The van der Waals surface area contributed by atoms with Crippen LogP contribution in [0.5, 0.6) is 11.5 Å². The zero-order valence-corrected chi connectivity index (χ0v) is 11.5. The van der Waals surface area contributed by atoms with Crippen molar-refractivity contribution in [3.8, 4) is 11.5 Å². The van der Waals surface area contributed by atoms with E-state index in [-0.39, 0.29) is 6.04 Å². The molecule has 0 aliphatic heterocycles. The van der Waals surface area contributed by atoms with Gasteiger partial charge in [-0.2, -0.15) is 5.10 Å². The van der Waals surface area contributed by atoms with Crippen LogP contribution in [0, 0.1) is 0 Å². The van der Waals surface area contributed by atoms with Crippen molar-refractivity contribution < 1.29 is 4.74 Å². The lowest BCUT2D eigenvalue weighted by Crippen LogP contribution is -2.09. The highest BCUT2D eigenvalue weighted by Crippen LogP contribution is 2.29. The van der Waals surface area contributed by atoms with Crippen LogP contribution in [0.3, 0.4) is 0 Å². The van der Waals surface area contributed by atoms with E-state index in [9.17, 15) is 0 Å². The molecule has 19 heavy (non-hydrogen) atoms. The van der Waals surface area contributed by atoms with Gasteiger partial charge in [0.25, 0.3) is 0 Å². The fourth-order valence-electron chi connectivity index (χ4n) is 1.98. The van der Waals surface area contributed by atoms with E-state index < -0.39 is 0 Å². The quantitative estimate of drug-likeness (QED) is 0.863. The lowest BCUT2D eigenvalue weighted by Gasteiger charge is -2.14. The summed E-state index contributed by atoms with van der Waals surface area (Å²) in [5.74, 6) is 1.57. The van der Waals surface area contributed by atoms with E-state index in [2.05, 4.69) is 18.9 Å². The molecule has 0 saturated carbocycles. The number of hydrogen-bond acceptors (Lipinski definition) is 3. The molecule has 102 valence electrons. The lowest BCUT2D eigenvalue weighted by molar-refractivity contribution is 0.467. The Kier molecular flexibility index (Phi) is 4.58. The molecule has 0 radical (unpaired) electrons. The third kappa shape index (κ3) is 3.35. The van der Waals surface area contributed by atoms with Crippen LogP contribution in [0.15, 0.2) is 36.7 Å². The monoisotopic (exact) mass is 259 g/mol. The van der Waals surface area contributed by atoms with Crippen molar-refractivity contribution in [3.05, 3.63) is 42.2 Å². The number of aromatic nitrogens is 2. The third-order valence-corrected chi connectivity index (χ3v) is 3.05. The van der Waals surface area contributed by atoms with Gasteiger partial charge in [-0.3, -0.25) is 4.68 Å². The second-order valence-electron chi connectivity index (χ2n) is 4.59. The topological polar surface area (TPSA) is 53.1 Å². The molecule has 2 aromatic rings. The van der Waals surface area contributed by atoms with Crippen LogP contribution >= 0.6 is 0 Å². The molecule has 2 rings (SSSR count). The Balaban J connectivity index is 2.17. The summed E-state index contributed by atoms with van der Waals surface area (Å²) in [6.07, 6.45) is 5.59. The molecule has 0 amide bonds. The van der Waals surface area contributed by atoms with E-state index in [1.54, 1.807) is 6.20 Å². The number of rotatable bonds is 6. The maximum atomic E-state index is 6.10. The normalized spacial score (nSPS) is 12.4. The second-order valence-corrected chi connectivity index (χ2v) is 4.59. The molecule has 0 bridgehead atoms. The molecule has 1 aromatic heterocycles. The zero-order valence-electron chi connectivity index (χ0n) is 11.5. The number of hydrogen-bond donors (Lipinski definition) is 1. The lowest BCUT2D eigenvalue weighted by atomic mass is 10.0. The fourth-order valence-corrected chi connectivity index (χ4v) is 1.98. The SMILES string of the molecule is CCCn1cc(Oc2ccccc2C(N)CC)cn1. The van der Waals surface area contributed by atoms with Crippen molar-refractivity contribution in [3.63, 3.8) is 0 Å². The van der Waals surface area contributed by atoms with Gasteiger partial charge in [-0.25, -0.2) is 0 Å². The maximum Gasteiger partial charge on any atom is 0.165 e. The molecule has 1 heterocycles. The summed E-state index contributed by atoms with van der Waals surface area (Å²) in [4.78, 5) is 0. The van der Waals surface area contributed by atoms with Crippen LogP contribution in [0.25, 0.3) is 0 Å². The molecule has 0 aliphatic rings. The van der Waals surface area contributed by atoms with Crippen LogP contribution in [0.2, 0.25) is 0 Å². The van der Waals surface area contributed by atoms with E-state index in [1.165, 1.54) is 0 Å². The van der Waals surface area contributed by atoms with Gasteiger partial charge in [-0.05, 0) is 18.9 Å². The van der Waals surface area contributed by atoms with Gasteiger partial charge in [0.15, 0.2) is 5.75 Å². The number of nitrogens with zero attached hydrogens (tertiary/aromatic N) is 2. The smallest absolute Gasteiger partial charge is 0.165 e. The zero-order chi connectivity index (χ0) is 13.7. The molecule has 1 atom stereocenters. The Morgan fingerprint density at radius 3 is 2.84 bits per heavy atom. The van der Waals surface area contributed by atoms with Crippen LogP contribution in [-0.2, 0) is 6.54 Å². The van der Waals surface area contributed by atoms with Crippen molar-refractivity contribution in [2.45, 2.75) is 39.3 Å². The summed E-state index contributed by atoms with van der Waals surface area (Å²) >= 11 is 0. The molecular weight excluding hydrogens is 238 g/mol. The molecule has 0 fully saturated rings. The predicted octanol–water partition coefficient (Wildman–Crippen LogP) is 3.50. The van der Waals surface area contributed by atoms with Gasteiger partial charge in [0.05, 0.1) is 12.4 Å². The van der Waals surface area contributed by atoms with Crippen LogP contribution in [0.1, 0.15) is 38.3 Å². The highest BCUT2D eigenvalue weighted by Gasteiger charge is 2.11. The van der Waals surface area contributed by atoms with E-state index in [1.807, 2.05) is 35.1 Å². The van der Waals surface area contributed by atoms with E-state index in [4.69, 9.17) is 10.5 Å². The number of ether oxygens (including phenoxy) is 1. The first-order valence-electron chi connectivity index (χ1n) is 6.79. The van der Waals surface area contributed by atoms with Gasteiger partial charge < -0.3 is 10.5 Å². The number of benzene rings is 1. The molecule has 4 nitrogen and oxygen atoms in total. The van der Waals surface area contributed by atoms with E-state index in [0.717, 1.165) is 36.4 Å². The van der Waals surface area contributed by atoms with Crippen LogP contribution in [0.4, 0.5) is 0 Å². The summed E-state index contributed by atoms with van der Waals surface area (Å²) in [6, 6.07) is 7.90. The number of para-hydroxylation sites is 1. The van der Waals surface area contributed by atoms with E-state index >= 15 is 0 Å². The Morgan fingerprint density at radius 2 is 2.11 bits per heavy atom. The van der Waals surface area contributed by atoms with Gasteiger partial charge >= 0.3 is 0 Å².